The Labute approximate surface area is 97.1 Å². The molecular weight excluding hydrogens is 202 g/mol. The number of rotatable bonds is 2. The number of piperazine rings is 1. The van der Waals surface area contributed by atoms with Crippen LogP contribution in [0.1, 0.15) is 19.3 Å². The van der Waals surface area contributed by atoms with Crippen LogP contribution in [0.3, 0.4) is 0 Å². The monoisotopic (exact) mass is 223 g/mol. The third-order valence-electron chi connectivity index (χ3n) is 3.49. The average molecular weight is 223 g/mol. The topological polar surface area (TPSA) is 44.4 Å². The van der Waals surface area contributed by atoms with Crippen molar-refractivity contribution in [3.8, 4) is 0 Å². The first kappa shape index (κ1) is 11.6. The Morgan fingerprint density at radius 1 is 1.56 bits per heavy atom. The first-order valence-electron chi connectivity index (χ1n) is 6.17. The fourth-order valence-electron chi connectivity index (χ4n) is 2.60. The second-order valence-electron chi connectivity index (χ2n) is 4.50. The molecule has 1 saturated heterocycles. The van der Waals surface area contributed by atoms with Crippen LogP contribution in [0.15, 0.2) is 12.2 Å². The number of allylic oxidation sites excluding steroid dienone is 1. The molecule has 0 aromatic carbocycles. The summed E-state index contributed by atoms with van der Waals surface area (Å²) in [5, 5.41) is 6.05. The van der Waals surface area contributed by atoms with Crippen LogP contribution in [-0.2, 0) is 4.79 Å². The Balaban J connectivity index is 2.06. The van der Waals surface area contributed by atoms with Gasteiger partial charge < -0.3 is 10.6 Å². The third-order valence-corrected chi connectivity index (χ3v) is 3.49. The lowest BCUT2D eigenvalue weighted by atomic mass is 9.98. The van der Waals surface area contributed by atoms with Crippen molar-refractivity contribution in [1.29, 1.82) is 0 Å². The summed E-state index contributed by atoms with van der Waals surface area (Å²) >= 11 is 0. The zero-order chi connectivity index (χ0) is 11.4. The maximum absolute atomic E-state index is 11.8. The number of hydrogen-bond acceptors (Lipinski definition) is 3. The van der Waals surface area contributed by atoms with E-state index < -0.39 is 0 Å². The lowest BCUT2D eigenvalue weighted by molar-refractivity contribution is -0.127. The molecule has 0 radical (unpaired) electrons. The van der Waals surface area contributed by atoms with Crippen molar-refractivity contribution in [3.63, 3.8) is 0 Å². The summed E-state index contributed by atoms with van der Waals surface area (Å²) in [6.07, 6.45) is 8.13. The molecular formula is C12H21N3O. The Bertz CT molecular complexity index is 277. The van der Waals surface area contributed by atoms with Crippen molar-refractivity contribution in [2.75, 3.05) is 26.7 Å². The van der Waals surface area contributed by atoms with Crippen molar-refractivity contribution in [2.24, 2.45) is 0 Å². The predicted molar refractivity (Wildman–Crippen MR) is 64.2 cm³/mol. The molecule has 0 aromatic rings. The molecule has 1 aliphatic carbocycles. The molecule has 2 unspecified atom stereocenters. The lowest BCUT2D eigenvalue weighted by Gasteiger charge is -2.40. The zero-order valence-corrected chi connectivity index (χ0v) is 9.91. The van der Waals surface area contributed by atoms with Crippen LogP contribution >= 0.6 is 0 Å². The van der Waals surface area contributed by atoms with Crippen LogP contribution in [0.5, 0.6) is 0 Å². The molecule has 0 spiro atoms. The van der Waals surface area contributed by atoms with E-state index in [1.165, 1.54) is 19.3 Å². The number of nitrogens with zero attached hydrogens (tertiary/aromatic N) is 1. The third kappa shape index (κ3) is 2.44. The fraction of sp³-hybridized carbons (Fsp3) is 0.750. The van der Waals surface area contributed by atoms with Gasteiger partial charge in [0.05, 0.1) is 0 Å². The van der Waals surface area contributed by atoms with Gasteiger partial charge in [-0.2, -0.15) is 0 Å². The Hall–Kier alpha value is -0.870. The summed E-state index contributed by atoms with van der Waals surface area (Å²) in [4.78, 5) is 14.1. The highest BCUT2D eigenvalue weighted by Crippen LogP contribution is 2.19. The molecule has 1 amide bonds. The van der Waals surface area contributed by atoms with Gasteiger partial charge in [0.15, 0.2) is 0 Å². The smallest absolute Gasteiger partial charge is 0.238 e. The van der Waals surface area contributed by atoms with Gasteiger partial charge in [0, 0.05) is 32.7 Å². The van der Waals surface area contributed by atoms with Crippen molar-refractivity contribution >= 4 is 5.91 Å². The molecule has 1 aliphatic heterocycles. The van der Waals surface area contributed by atoms with E-state index >= 15 is 0 Å². The molecule has 2 aliphatic rings. The quantitative estimate of drug-likeness (QED) is 0.653. The summed E-state index contributed by atoms with van der Waals surface area (Å²) in [5.41, 5.74) is 0. The van der Waals surface area contributed by atoms with E-state index in [0.717, 1.165) is 19.6 Å². The fourth-order valence-corrected chi connectivity index (χ4v) is 2.60. The zero-order valence-electron chi connectivity index (χ0n) is 9.91. The van der Waals surface area contributed by atoms with Crippen LogP contribution in [0, 0.1) is 0 Å². The van der Waals surface area contributed by atoms with Gasteiger partial charge in [0.25, 0.3) is 0 Å². The predicted octanol–water partition coefficient (Wildman–Crippen LogP) is 0.115. The summed E-state index contributed by atoms with van der Waals surface area (Å²) in [5.74, 6) is 0.131. The van der Waals surface area contributed by atoms with E-state index in [-0.39, 0.29) is 11.9 Å². The van der Waals surface area contributed by atoms with Crippen molar-refractivity contribution in [2.45, 2.75) is 31.3 Å². The highest BCUT2D eigenvalue weighted by Gasteiger charge is 2.32. The number of amides is 1. The van der Waals surface area contributed by atoms with E-state index in [9.17, 15) is 4.79 Å². The number of carbonyl (C=O) groups is 1. The maximum atomic E-state index is 11.8. The molecule has 1 heterocycles. The van der Waals surface area contributed by atoms with Crippen LogP contribution in [0.2, 0.25) is 0 Å². The molecule has 2 atom stereocenters. The summed E-state index contributed by atoms with van der Waals surface area (Å²) in [6.45, 7) is 2.72. The van der Waals surface area contributed by atoms with E-state index in [1.54, 1.807) is 7.05 Å². The van der Waals surface area contributed by atoms with Gasteiger partial charge in [-0.1, -0.05) is 12.2 Å². The normalized spacial score (nSPS) is 31.3. The highest BCUT2D eigenvalue weighted by molar-refractivity contribution is 5.81. The first-order valence-corrected chi connectivity index (χ1v) is 6.17. The van der Waals surface area contributed by atoms with Crippen molar-refractivity contribution in [1.82, 2.24) is 15.5 Å². The molecule has 4 nitrogen and oxygen atoms in total. The largest absolute Gasteiger partial charge is 0.358 e. The van der Waals surface area contributed by atoms with E-state index in [0.29, 0.717) is 6.04 Å². The molecule has 90 valence electrons. The van der Waals surface area contributed by atoms with Gasteiger partial charge >= 0.3 is 0 Å². The lowest BCUT2D eigenvalue weighted by Crippen LogP contribution is -2.60. The SMILES string of the molecule is CNC(=O)C1CNCCN1C1C=CCCC1. The number of carbonyl (C=O) groups excluding carboxylic acids is 1. The van der Waals surface area contributed by atoms with Crippen molar-refractivity contribution < 1.29 is 4.79 Å². The minimum atomic E-state index is -0.00787. The molecule has 4 heteroatoms. The molecule has 0 aromatic heterocycles. The number of nitrogens with one attached hydrogen (secondary N) is 2. The molecule has 0 saturated carbocycles. The second kappa shape index (κ2) is 5.46. The molecule has 0 bridgehead atoms. The summed E-state index contributed by atoms with van der Waals surface area (Å²) in [7, 11) is 1.71. The highest BCUT2D eigenvalue weighted by atomic mass is 16.2. The van der Waals surface area contributed by atoms with Crippen LogP contribution in [0.4, 0.5) is 0 Å². The average Bonchev–Trinajstić information content (AvgIpc) is 2.39. The van der Waals surface area contributed by atoms with Crippen LogP contribution < -0.4 is 10.6 Å². The summed E-state index contributed by atoms with van der Waals surface area (Å²) in [6, 6.07) is 0.449. The Morgan fingerprint density at radius 2 is 2.44 bits per heavy atom. The van der Waals surface area contributed by atoms with Gasteiger partial charge in [-0.25, -0.2) is 0 Å². The molecule has 16 heavy (non-hydrogen) atoms. The maximum Gasteiger partial charge on any atom is 0.238 e. The summed E-state index contributed by atoms with van der Waals surface area (Å²) < 4.78 is 0. The molecule has 1 fully saturated rings. The van der Waals surface area contributed by atoms with Gasteiger partial charge in [0.1, 0.15) is 6.04 Å². The molecule has 2 N–H and O–H groups in total. The van der Waals surface area contributed by atoms with E-state index in [2.05, 4.69) is 27.7 Å². The first-order chi connectivity index (χ1) is 7.83. The molecule has 2 rings (SSSR count). The minimum absolute atomic E-state index is 0.00787. The van der Waals surface area contributed by atoms with Crippen LogP contribution in [-0.4, -0.2) is 49.6 Å². The van der Waals surface area contributed by atoms with Gasteiger partial charge in [-0.05, 0) is 19.3 Å². The Kier molecular flexibility index (Phi) is 3.96. The van der Waals surface area contributed by atoms with Gasteiger partial charge in [0.2, 0.25) is 5.91 Å². The van der Waals surface area contributed by atoms with Gasteiger partial charge in [-0.3, -0.25) is 9.69 Å². The van der Waals surface area contributed by atoms with E-state index in [1.807, 2.05) is 0 Å². The Morgan fingerprint density at radius 3 is 3.12 bits per heavy atom. The second-order valence-corrected chi connectivity index (χ2v) is 4.50. The number of likely N-dealkylation sites (N-methyl/N-ethyl adjacent to an activating group) is 1. The standard InChI is InChI=1S/C12H21N3O/c1-13-12(16)11-9-14-7-8-15(11)10-5-3-2-4-6-10/h3,5,10-11,14H,2,4,6-9H2,1H3,(H,13,16). The van der Waals surface area contributed by atoms with Gasteiger partial charge in [-0.15, -0.1) is 0 Å². The van der Waals surface area contributed by atoms with Crippen molar-refractivity contribution in [3.05, 3.63) is 12.2 Å². The van der Waals surface area contributed by atoms with Crippen LogP contribution in [0.25, 0.3) is 0 Å². The number of hydrogen-bond donors (Lipinski definition) is 2. The van der Waals surface area contributed by atoms with E-state index in [4.69, 9.17) is 0 Å². The minimum Gasteiger partial charge on any atom is -0.358 e.